The molecule has 0 spiro atoms. The Morgan fingerprint density at radius 3 is 2.63 bits per heavy atom. The van der Waals surface area contributed by atoms with Crippen LogP contribution in [0.25, 0.3) is 0 Å². The molecule has 0 saturated heterocycles. The normalized spacial score (nSPS) is 10.1. The minimum absolute atomic E-state index is 0.101. The first-order valence-electron chi connectivity index (χ1n) is 5.44. The standard InChI is InChI=1S/C13H11FN2O3/c1-8-2-4-10(5-3-8)19-13-11(14)6-9(7-15-13)12(17)16-18/h2-7,18H,1H3,(H,16,17). The van der Waals surface area contributed by atoms with Crippen molar-refractivity contribution in [3.63, 3.8) is 0 Å². The van der Waals surface area contributed by atoms with E-state index < -0.39 is 11.7 Å². The lowest BCUT2D eigenvalue weighted by Gasteiger charge is -2.06. The quantitative estimate of drug-likeness (QED) is 0.658. The largest absolute Gasteiger partial charge is 0.436 e. The van der Waals surface area contributed by atoms with Crippen molar-refractivity contribution in [2.24, 2.45) is 0 Å². The second-order valence-electron chi connectivity index (χ2n) is 3.87. The molecule has 1 heterocycles. The fourth-order valence-corrected chi connectivity index (χ4v) is 1.41. The predicted octanol–water partition coefficient (Wildman–Crippen LogP) is 2.44. The lowest BCUT2D eigenvalue weighted by molar-refractivity contribution is 0.0705. The number of hydroxylamine groups is 1. The zero-order valence-electron chi connectivity index (χ0n) is 10.1. The Morgan fingerprint density at radius 2 is 2.05 bits per heavy atom. The Morgan fingerprint density at radius 1 is 1.37 bits per heavy atom. The molecule has 6 heteroatoms. The number of hydrogen-bond donors (Lipinski definition) is 2. The number of hydrogen-bond acceptors (Lipinski definition) is 4. The molecule has 1 aromatic carbocycles. The number of ether oxygens (including phenoxy) is 1. The number of rotatable bonds is 3. The van der Waals surface area contributed by atoms with Crippen molar-refractivity contribution >= 4 is 5.91 Å². The Bertz CT molecular complexity index is 599. The van der Waals surface area contributed by atoms with Gasteiger partial charge < -0.3 is 4.74 Å². The van der Waals surface area contributed by atoms with Gasteiger partial charge in [0.2, 0.25) is 0 Å². The highest BCUT2D eigenvalue weighted by atomic mass is 19.1. The van der Waals surface area contributed by atoms with Crippen LogP contribution in [0.15, 0.2) is 36.5 Å². The van der Waals surface area contributed by atoms with Gasteiger partial charge in [-0.1, -0.05) is 17.7 Å². The van der Waals surface area contributed by atoms with Crippen molar-refractivity contribution < 1.29 is 19.1 Å². The topological polar surface area (TPSA) is 71.5 Å². The summed E-state index contributed by atoms with van der Waals surface area (Å²) >= 11 is 0. The van der Waals surface area contributed by atoms with Crippen molar-refractivity contribution in [1.29, 1.82) is 0 Å². The molecule has 0 radical (unpaired) electrons. The lowest BCUT2D eigenvalue weighted by atomic mass is 10.2. The van der Waals surface area contributed by atoms with E-state index in [1.165, 1.54) is 5.48 Å². The van der Waals surface area contributed by atoms with Crippen LogP contribution in [0.2, 0.25) is 0 Å². The molecule has 0 saturated carbocycles. The minimum atomic E-state index is -0.840. The SMILES string of the molecule is Cc1ccc(Oc2ncc(C(=O)NO)cc2F)cc1. The van der Waals surface area contributed by atoms with Crippen LogP contribution in [0.3, 0.4) is 0 Å². The fourth-order valence-electron chi connectivity index (χ4n) is 1.41. The van der Waals surface area contributed by atoms with Crippen LogP contribution < -0.4 is 10.2 Å². The number of halogens is 1. The molecule has 0 atom stereocenters. The average Bonchev–Trinajstić information content (AvgIpc) is 2.42. The molecule has 19 heavy (non-hydrogen) atoms. The number of aryl methyl sites for hydroxylation is 1. The second-order valence-corrected chi connectivity index (χ2v) is 3.87. The lowest BCUT2D eigenvalue weighted by Crippen LogP contribution is -2.19. The van der Waals surface area contributed by atoms with Gasteiger partial charge in [-0.05, 0) is 25.1 Å². The Balaban J connectivity index is 2.22. The molecule has 2 aromatic rings. The molecule has 0 aliphatic carbocycles. The van der Waals surface area contributed by atoms with E-state index >= 15 is 0 Å². The maximum absolute atomic E-state index is 13.7. The zero-order chi connectivity index (χ0) is 13.8. The predicted molar refractivity (Wildman–Crippen MR) is 64.7 cm³/mol. The van der Waals surface area contributed by atoms with Crippen LogP contribution in [0, 0.1) is 12.7 Å². The van der Waals surface area contributed by atoms with Crippen LogP contribution in [-0.2, 0) is 0 Å². The summed E-state index contributed by atoms with van der Waals surface area (Å²) in [5, 5.41) is 8.43. The van der Waals surface area contributed by atoms with Gasteiger partial charge in [0.05, 0.1) is 5.56 Å². The highest BCUT2D eigenvalue weighted by Crippen LogP contribution is 2.22. The highest BCUT2D eigenvalue weighted by Gasteiger charge is 2.12. The average molecular weight is 262 g/mol. The van der Waals surface area contributed by atoms with Crippen LogP contribution in [0.5, 0.6) is 11.6 Å². The highest BCUT2D eigenvalue weighted by molar-refractivity contribution is 5.93. The van der Waals surface area contributed by atoms with E-state index in [1.54, 1.807) is 12.1 Å². The van der Waals surface area contributed by atoms with Gasteiger partial charge in [0.1, 0.15) is 5.75 Å². The Labute approximate surface area is 108 Å². The minimum Gasteiger partial charge on any atom is -0.436 e. The van der Waals surface area contributed by atoms with Gasteiger partial charge in [0.15, 0.2) is 5.82 Å². The molecule has 0 fully saturated rings. The van der Waals surface area contributed by atoms with Gasteiger partial charge in [-0.2, -0.15) is 0 Å². The van der Waals surface area contributed by atoms with E-state index in [2.05, 4.69) is 4.98 Å². The van der Waals surface area contributed by atoms with E-state index in [0.717, 1.165) is 17.8 Å². The molecule has 5 nitrogen and oxygen atoms in total. The monoisotopic (exact) mass is 262 g/mol. The van der Waals surface area contributed by atoms with Crippen molar-refractivity contribution in [3.8, 4) is 11.6 Å². The molecule has 2 N–H and O–H groups in total. The molecule has 0 bridgehead atoms. The summed E-state index contributed by atoms with van der Waals surface area (Å²) in [5.41, 5.74) is 2.35. The summed E-state index contributed by atoms with van der Waals surface area (Å²) < 4.78 is 18.9. The third-order valence-corrected chi connectivity index (χ3v) is 2.41. The molecule has 0 aliphatic heterocycles. The summed E-state index contributed by atoms with van der Waals surface area (Å²) in [6.45, 7) is 1.92. The second kappa shape index (κ2) is 5.45. The first kappa shape index (κ1) is 13.0. The number of nitrogens with zero attached hydrogens (tertiary/aromatic N) is 1. The maximum atomic E-state index is 13.7. The Hall–Kier alpha value is -2.47. The number of pyridine rings is 1. The molecule has 0 aliphatic rings. The van der Waals surface area contributed by atoms with Crippen molar-refractivity contribution in [1.82, 2.24) is 10.5 Å². The van der Waals surface area contributed by atoms with Gasteiger partial charge in [-0.25, -0.2) is 14.9 Å². The van der Waals surface area contributed by atoms with Crippen molar-refractivity contribution in [2.45, 2.75) is 6.92 Å². The smallest absolute Gasteiger partial charge is 0.276 e. The summed E-state index contributed by atoms with van der Waals surface area (Å²) in [6, 6.07) is 7.94. The van der Waals surface area contributed by atoms with Crippen LogP contribution >= 0.6 is 0 Å². The number of carbonyl (C=O) groups is 1. The molecule has 1 aromatic heterocycles. The van der Waals surface area contributed by atoms with Crippen LogP contribution in [0.4, 0.5) is 4.39 Å². The summed E-state index contributed by atoms with van der Waals surface area (Å²) in [6.07, 6.45) is 1.11. The zero-order valence-corrected chi connectivity index (χ0v) is 10.1. The first-order valence-corrected chi connectivity index (χ1v) is 5.44. The molecule has 98 valence electrons. The van der Waals surface area contributed by atoms with Gasteiger partial charge in [0, 0.05) is 6.20 Å². The van der Waals surface area contributed by atoms with Crippen molar-refractivity contribution in [2.75, 3.05) is 0 Å². The summed E-state index contributed by atoms with van der Waals surface area (Å²) in [4.78, 5) is 14.8. The number of amides is 1. The van der Waals surface area contributed by atoms with E-state index in [0.29, 0.717) is 5.75 Å². The van der Waals surface area contributed by atoms with E-state index in [9.17, 15) is 9.18 Å². The molecular weight excluding hydrogens is 251 g/mol. The fraction of sp³-hybridized carbons (Fsp3) is 0.0769. The summed E-state index contributed by atoms with van der Waals surface area (Å²) in [5.74, 6) is -1.43. The van der Waals surface area contributed by atoms with Gasteiger partial charge in [-0.3, -0.25) is 10.0 Å². The molecule has 2 rings (SSSR count). The Kier molecular flexibility index (Phi) is 3.72. The van der Waals surface area contributed by atoms with Crippen LogP contribution in [-0.4, -0.2) is 16.1 Å². The number of nitrogens with one attached hydrogen (secondary N) is 1. The maximum Gasteiger partial charge on any atom is 0.276 e. The van der Waals surface area contributed by atoms with Crippen molar-refractivity contribution in [3.05, 3.63) is 53.5 Å². The van der Waals surface area contributed by atoms with Gasteiger partial charge in [-0.15, -0.1) is 0 Å². The van der Waals surface area contributed by atoms with E-state index in [1.807, 2.05) is 19.1 Å². The van der Waals surface area contributed by atoms with E-state index in [4.69, 9.17) is 9.94 Å². The summed E-state index contributed by atoms with van der Waals surface area (Å²) in [7, 11) is 0. The molecule has 1 amide bonds. The first-order chi connectivity index (χ1) is 9.10. The van der Waals surface area contributed by atoms with Crippen LogP contribution in [0.1, 0.15) is 15.9 Å². The molecule has 0 unspecified atom stereocenters. The number of aromatic nitrogens is 1. The third-order valence-electron chi connectivity index (χ3n) is 2.41. The van der Waals surface area contributed by atoms with E-state index in [-0.39, 0.29) is 11.4 Å². The third kappa shape index (κ3) is 3.05. The van der Waals surface area contributed by atoms with Gasteiger partial charge in [0.25, 0.3) is 11.8 Å². The van der Waals surface area contributed by atoms with Gasteiger partial charge >= 0.3 is 0 Å². The molecular formula is C13H11FN2O3. The number of benzene rings is 1. The number of carbonyl (C=O) groups excluding carboxylic acids is 1.